The molecule has 132 valence electrons. The number of amides is 1. The Morgan fingerprint density at radius 2 is 1.69 bits per heavy atom. The predicted molar refractivity (Wildman–Crippen MR) is 106 cm³/mol. The highest BCUT2D eigenvalue weighted by Crippen LogP contribution is 2.24. The number of nitrogens with zero attached hydrogens (tertiary/aromatic N) is 2. The Hall–Kier alpha value is -2.63. The van der Waals surface area contributed by atoms with Gasteiger partial charge in [0, 0.05) is 27.6 Å². The summed E-state index contributed by atoms with van der Waals surface area (Å²) in [4.78, 5) is 20.8. The van der Waals surface area contributed by atoms with Gasteiger partial charge in [-0.25, -0.2) is 9.97 Å². The summed E-state index contributed by atoms with van der Waals surface area (Å²) >= 11 is 12.0. The molecule has 0 atom stereocenters. The summed E-state index contributed by atoms with van der Waals surface area (Å²) in [5, 5.41) is 6.79. The maximum atomic E-state index is 12.4. The number of nitrogens with one attached hydrogen (secondary N) is 2. The molecule has 26 heavy (non-hydrogen) atoms. The first-order valence-electron chi connectivity index (χ1n) is 8.00. The van der Waals surface area contributed by atoms with Gasteiger partial charge in [0.05, 0.1) is 0 Å². The molecule has 0 bridgehead atoms. The van der Waals surface area contributed by atoms with E-state index in [0.717, 1.165) is 6.42 Å². The van der Waals surface area contributed by atoms with Crippen LogP contribution in [-0.4, -0.2) is 15.9 Å². The van der Waals surface area contributed by atoms with Gasteiger partial charge in [-0.3, -0.25) is 4.79 Å². The molecule has 1 amide bonds. The maximum Gasteiger partial charge on any atom is 0.274 e. The molecule has 3 aromatic rings. The average Bonchev–Trinajstić information content (AvgIpc) is 2.61. The van der Waals surface area contributed by atoms with E-state index in [2.05, 4.69) is 27.5 Å². The molecule has 0 saturated carbocycles. The van der Waals surface area contributed by atoms with E-state index in [1.807, 2.05) is 24.3 Å². The number of aryl methyl sites for hydroxylation is 1. The second kappa shape index (κ2) is 8.17. The highest BCUT2D eigenvalue weighted by molar-refractivity contribution is 6.35. The van der Waals surface area contributed by atoms with Crippen LogP contribution in [0, 0.1) is 0 Å². The highest BCUT2D eigenvalue weighted by atomic mass is 35.5. The fraction of sp³-hybridized carbons (Fsp3) is 0.105. The van der Waals surface area contributed by atoms with Crippen LogP contribution in [0.25, 0.3) is 0 Å². The Bertz CT molecular complexity index is 909. The van der Waals surface area contributed by atoms with E-state index >= 15 is 0 Å². The summed E-state index contributed by atoms with van der Waals surface area (Å²) in [6.45, 7) is 2.08. The van der Waals surface area contributed by atoms with Gasteiger partial charge in [0.15, 0.2) is 0 Å². The lowest BCUT2D eigenvalue weighted by molar-refractivity contribution is 0.102. The average molecular weight is 387 g/mol. The van der Waals surface area contributed by atoms with Crippen LogP contribution in [0.2, 0.25) is 10.0 Å². The van der Waals surface area contributed by atoms with Gasteiger partial charge in [0.1, 0.15) is 5.69 Å². The van der Waals surface area contributed by atoms with Crippen molar-refractivity contribution in [2.24, 2.45) is 0 Å². The van der Waals surface area contributed by atoms with Gasteiger partial charge < -0.3 is 10.6 Å². The van der Waals surface area contributed by atoms with E-state index < -0.39 is 0 Å². The minimum atomic E-state index is -0.316. The van der Waals surface area contributed by atoms with Crippen molar-refractivity contribution in [3.8, 4) is 0 Å². The van der Waals surface area contributed by atoms with Crippen molar-refractivity contribution >= 4 is 46.4 Å². The van der Waals surface area contributed by atoms with E-state index in [1.54, 1.807) is 24.3 Å². The van der Waals surface area contributed by atoms with Crippen molar-refractivity contribution in [3.63, 3.8) is 0 Å². The molecule has 0 saturated heterocycles. The Morgan fingerprint density at radius 1 is 1.00 bits per heavy atom. The summed E-state index contributed by atoms with van der Waals surface area (Å²) in [5.41, 5.74) is 2.80. The first kappa shape index (κ1) is 18.2. The number of anilines is 3. The molecule has 0 aliphatic carbocycles. The molecule has 3 rings (SSSR count). The number of aromatic nitrogens is 2. The molecule has 2 aromatic carbocycles. The fourth-order valence-corrected chi connectivity index (χ4v) is 2.85. The molecule has 5 nitrogen and oxygen atoms in total. The van der Waals surface area contributed by atoms with Crippen molar-refractivity contribution < 1.29 is 4.79 Å². The molecular formula is C19H16Cl2N4O. The molecule has 7 heteroatoms. The third-order valence-corrected chi connectivity index (χ3v) is 4.06. The lowest BCUT2D eigenvalue weighted by atomic mass is 10.1. The molecule has 0 fully saturated rings. The standard InChI is InChI=1S/C19H16Cl2N4O/c1-2-12-3-5-15(6-4-12)23-18(26)17-7-8-22-19(25-17)24-16-10-13(20)9-14(21)11-16/h3-11H,2H2,1H3,(H,23,26)(H,22,24,25). The number of hydrogen-bond donors (Lipinski definition) is 2. The van der Waals surface area contributed by atoms with Crippen LogP contribution in [0.4, 0.5) is 17.3 Å². The largest absolute Gasteiger partial charge is 0.324 e. The first-order chi connectivity index (χ1) is 12.5. The molecule has 0 unspecified atom stereocenters. The van der Waals surface area contributed by atoms with E-state index in [4.69, 9.17) is 23.2 Å². The molecule has 0 aliphatic heterocycles. The zero-order valence-electron chi connectivity index (χ0n) is 14.0. The fourth-order valence-electron chi connectivity index (χ4n) is 2.32. The number of halogens is 2. The third kappa shape index (κ3) is 4.71. The van der Waals surface area contributed by atoms with Gasteiger partial charge in [0.25, 0.3) is 5.91 Å². The number of carbonyl (C=O) groups excluding carboxylic acids is 1. The van der Waals surface area contributed by atoms with Gasteiger partial charge in [-0.15, -0.1) is 0 Å². The van der Waals surface area contributed by atoms with E-state index in [9.17, 15) is 4.79 Å². The quantitative estimate of drug-likeness (QED) is 0.620. The minimum absolute atomic E-state index is 0.246. The molecule has 0 radical (unpaired) electrons. The zero-order valence-corrected chi connectivity index (χ0v) is 15.5. The molecule has 0 aliphatic rings. The summed E-state index contributed by atoms with van der Waals surface area (Å²) in [6, 6.07) is 14.2. The van der Waals surface area contributed by atoms with Crippen molar-refractivity contribution in [2.75, 3.05) is 10.6 Å². The predicted octanol–water partition coefficient (Wildman–Crippen LogP) is 5.34. The van der Waals surface area contributed by atoms with Crippen LogP contribution >= 0.6 is 23.2 Å². The Morgan fingerprint density at radius 3 is 2.35 bits per heavy atom. The van der Waals surface area contributed by atoms with Crippen LogP contribution in [0.15, 0.2) is 54.7 Å². The SMILES string of the molecule is CCc1ccc(NC(=O)c2ccnc(Nc3cc(Cl)cc(Cl)c3)n2)cc1. The van der Waals surface area contributed by atoms with Crippen molar-refractivity contribution in [3.05, 3.63) is 76.0 Å². The lowest BCUT2D eigenvalue weighted by Gasteiger charge is -2.08. The topological polar surface area (TPSA) is 66.9 Å². The summed E-state index contributed by atoms with van der Waals surface area (Å²) in [6.07, 6.45) is 2.46. The Labute approximate surface area is 161 Å². The van der Waals surface area contributed by atoms with Crippen LogP contribution < -0.4 is 10.6 Å². The summed E-state index contributed by atoms with van der Waals surface area (Å²) in [5.74, 6) is -0.0406. The Balaban J connectivity index is 1.74. The number of hydrogen-bond acceptors (Lipinski definition) is 4. The minimum Gasteiger partial charge on any atom is -0.324 e. The second-order valence-electron chi connectivity index (χ2n) is 5.55. The van der Waals surface area contributed by atoms with E-state index in [-0.39, 0.29) is 17.5 Å². The smallest absolute Gasteiger partial charge is 0.274 e. The van der Waals surface area contributed by atoms with Crippen LogP contribution in [-0.2, 0) is 6.42 Å². The first-order valence-corrected chi connectivity index (χ1v) is 8.75. The van der Waals surface area contributed by atoms with Crippen molar-refractivity contribution in [2.45, 2.75) is 13.3 Å². The van der Waals surface area contributed by atoms with Crippen molar-refractivity contribution in [1.29, 1.82) is 0 Å². The lowest BCUT2D eigenvalue weighted by Crippen LogP contribution is -2.14. The van der Waals surface area contributed by atoms with Crippen molar-refractivity contribution in [1.82, 2.24) is 9.97 Å². The van der Waals surface area contributed by atoms with E-state index in [1.165, 1.54) is 11.8 Å². The summed E-state index contributed by atoms with van der Waals surface area (Å²) in [7, 11) is 0. The van der Waals surface area contributed by atoms with Gasteiger partial charge >= 0.3 is 0 Å². The number of benzene rings is 2. The molecular weight excluding hydrogens is 371 g/mol. The highest BCUT2D eigenvalue weighted by Gasteiger charge is 2.10. The van der Waals surface area contributed by atoms with Crippen LogP contribution in [0.5, 0.6) is 0 Å². The van der Waals surface area contributed by atoms with E-state index in [0.29, 0.717) is 21.4 Å². The van der Waals surface area contributed by atoms with Crippen LogP contribution in [0.3, 0.4) is 0 Å². The van der Waals surface area contributed by atoms with Gasteiger partial charge in [-0.1, -0.05) is 42.3 Å². The normalized spacial score (nSPS) is 10.4. The molecule has 1 aromatic heterocycles. The van der Waals surface area contributed by atoms with Crippen LogP contribution in [0.1, 0.15) is 23.0 Å². The van der Waals surface area contributed by atoms with Gasteiger partial charge in [0.2, 0.25) is 5.95 Å². The van der Waals surface area contributed by atoms with Gasteiger partial charge in [-0.2, -0.15) is 0 Å². The monoisotopic (exact) mass is 386 g/mol. The maximum absolute atomic E-state index is 12.4. The number of rotatable bonds is 5. The molecule has 0 spiro atoms. The van der Waals surface area contributed by atoms with Gasteiger partial charge in [-0.05, 0) is 48.4 Å². The third-order valence-electron chi connectivity index (χ3n) is 3.63. The second-order valence-corrected chi connectivity index (χ2v) is 6.43. The molecule has 2 N–H and O–H groups in total. The molecule has 1 heterocycles. The summed E-state index contributed by atoms with van der Waals surface area (Å²) < 4.78 is 0. The zero-order chi connectivity index (χ0) is 18.5. The Kier molecular flexibility index (Phi) is 5.71. The number of carbonyl (C=O) groups is 1.